The molecule has 1 saturated carbocycles. The van der Waals surface area contributed by atoms with Crippen molar-refractivity contribution in [2.45, 2.75) is 38.1 Å². The maximum Gasteiger partial charge on any atom is 0.219 e. The van der Waals surface area contributed by atoms with Crippen molar-refractivity contribution in [3.8, 4) is 0 Å². The van der Waals surface area contributed by atoms with Gasteiger partial charge in [-0.05, 0) is 34.7 Å². The second-order valence-electron chi connectivity index (χ2n) is 4.42. The van der Waals surface area contributed by atoms with Crippen LogP contribution in [0.15, 0.2) is 16.9 Å². The Bertz CT molecular complexity index is 371. The van der Waals surface area contributed by atoms with Crippen molar-refractivity contribution in [2.75, 3.05) is 0 Å². The fraction of sp³-hybridized carbons (Fsp3) is 0.636. The van der Waals surface area contributed by atoms with E-state index in [4.69, 9.17) is 5.73 Å². The Labute approximate surface area is 103 Å². The molecule has 1 aliphatic carbocycles. The van der Waals surface area contributed by atoms with Crippen LogP contribution in [0.2, 0.25) is 0 Å². The number of nitrogens with zero attached hydrogens (tertiary/aromatic N) is 2. The Morgan fingerprint density at radius 3 is 2.81 bits per heavy atom. The van der Waals surface area contributed by atoms with Crippen LogP contribution in [0, 0.1) is 5.92 Å². The number of amides is 1. The first-order valence-electron chi connectivity index (χ1n) is 5.65. The van der Waals surface area contributed by atoms with Crippen molar-refractivity contribution in [1.82, 2.24) is 9.78 Å². The number of carbonyl (C=O) groups is 1. The summed E-state index contributed by atoms with van der Waals surface area (Å²) < 4.78 is 2.82. The largest absolute Gasteiger partial charge is 0.370 e. The van der Waals surface area contributed by atoms with E-state index in [1.54, 1.807) is 6.20 Å². The van der Waals surface area contributed by atoms with Gasteiger partial charge in [-0.25, -0.2) is 0 Å². The standard InChI is InChI=1S/C11H16BrN3O/c12-9-6-14-15(7-9)10(5-11(13)16)8-3-1-2-4-8/h6-8,10H,1-5H2,(H2,13,16)/t10-/m1/s1. The zero-order valence-corrected chi connectivity index (χ0v) is 10.7. The summed E-state index contributed by atoms with van der Waals surface area (Å²) in [7, 11) is 0. The number of hydrogen-bond acceptors (Lipinski definition) is 2. The molecule has 1 aliphatic rings. The molecule has 1 heterocycles. The van der Waals surface area contributed by atoms with Gasteiger partial charge in [-0.15, -0.1) is 0 Å². The van der Waals surface area contributed by atoms with Crippen LogP contribution in [-0.4, -0.2) is 15.7 Å². The molecule has 0 saturated heterocycles. The third-order valence-corrected chi connectivity index (χ3v) is 3.67. The lowest BCUT2D eigenvalue weighted by Gasteiger charge is -2.22. The molecule has 88 valence electrons. The van der Waals surface area contributed by atoms with E-state index in [2.05, 4.69) is 21.0 Å². The van der Waals surface area contributed by atoms with Gasteiger partial charge < -0.3 is 5.73 Å². The van der Waals surface area contributed by atoms with Crippen molar-refractivity contribution in [3.63, 3.8) is 0 Å². The van der Waals surface area contributed by atoms with Crippen LogP contribution >= 0.6 is 15.9 Å². The molecule has 0 spiro atoms. The van der Waals surface area contributed by atoms with E-state index in [1.807, 2.05) is 10.9 Å². The minimum atomic E-state index is -0.247. The fourth-order valence-corrected chi connectivity index (χ4v) is 2.82. The number of nitrogens with two attached hydrogens (primary N) is 1. The second-order valence-corrected chi connectivity index (χ2v) is 5.34. The third-order valence-electron chi connectivity index (χ3n) is 3.26. The van der Waals surface area contributed by atoms with Crippen LogP contribution in [0.3, 0.4) is 0 Å². The first kappa shape index (κ1) is 11.6. The van der Waals surface area contributed by atoms with Gasteiger partial charge >= 0.3 is 0 Å². The van der Waals surface area contributed by atoms with E-state index in [-0.39, 0.29) is 11.9 Å². The monoisotopic (exact) mass is 285 g/mol. The summed E-state index contributed by atoms with van der Waals surface area (Å²) in [6.45, 7) is 0. The summed E-state index contributed by atoms with van der Waals surface area (Å²) in [5, 5.41) is 4.28. The Balaban J connectivity index is 2.16. The molecule has 4 nitrogen and oxygen atoms in total. The minimum absolute atomic E-state index is 0.131. The van der Waals surface area contributed by atoms with Gasteiger partial charge in [-0.2, -0.15) is 5.10 Å². The molecule has 5 heteroatoms. The number of rotatable bonds is 4. The van der Waals surface area contributed by atoms with Gasteiger partial charge in [0.1, 0.15) is 0 Å². The Kier molecular flexibility index (Phi) is 3.63. The fourth-order valence-electron chi connectivity index (χ4n) is 2.52. The summed E-state index contributed by atoms with van der Waals surface area (Å²) in [5.74, 6) is 0.294. The molecule has 0 unspecified atom stereocenters. The third kappa shape index (κ3) is 2.64. The molecule has 1 fully saturated rings. The van der Waals surface area contributed by atoms with Crippen LogP contribution in [-0.2, 0) is 4.79 Å². The minimum Gasteiger partial charge on any atom is -0.370 e. The summed E-state index contributed by atoms with van der Waals surface area (Å²) in [5.41, 5.74) is 5.31. The number of halogens is 1. The van der Waals surface area contributed by atoms with E-state index >= 15 is 0 Å². The number of carbonyl (C=O) groups excluding carboxylic acids is 1. The van der Waals surface area contributed by atoms with Gasteiger partial charge in [0.15, 0.2) is 0 Å². The molecule has 0 aromatic carbocycles. The molecule has 0 bridgehead atoms. The number of primary amides is 1. The van der Waals surface area contributed by atoms with Gasteiger partial charge in [-0.1, -0.05) is 12.8 Å². The van der Waals surface area contributed by atoms with E-state index in [1.165, 1.54) is 25.7 Å². The Hall–Kier alpha value is -0.840. The zero-order valence-electron chi connectivity index (χ0n) is 9.10. The van der Waals surface area contributed by atoms with Crippen LogP contribution < -0.4 is 5.73 Å². The SMILES string of the molecule is NC(=O)C[C@H](C1CCCC1)n1cc(Br)cn1. The molecular weight excluding hydrogens is 270 g/mol. The maximum absolute atomic E-state index is 11.1. The molecule has 1 aromatic rings. The molecular formula is C11H16BrN3O. The van der Waals surface area contributed by atoms with Crippen LogP contribution in [0.1, 0.15) is 38.1 Å². The zero-order chi connectivity index (χ0) is 11.5. The topological polar surface area (TPSA) is 60.9 Å². The van der Waals surface area contributed by atoms with Gasteiger partial charge in [-0.3, -0.25) is 9.48 Å². The maximum atomic E-state index is 11.1. The molecule has 0 aliphatic heterocycles. The highest BCUT2D eigenvalue weighted by molar-refractivity contribution is 9.10. The predicted molar refractivity (Wildman–Crippen MR) is 64.7 cm³/mol. The molecule has 2 N–H and O–H groups in total. The van der Waals surface area contributed by atoms with Gasteiger partial charge in [0.2, 0.25) is 5.91 Å². The van der Waals surface area contributed by atoms with Crippen molar-refractivity contribution >= 4 is 21.8 Å². The highest BCUT2D eigenvalue weighted by Crippen LogP contribution is 2.36. The average molecular weight is 286 g/mol. The van der Waals surface area contributed by atoms with Crippen LogP contribution in [0.5, 0.6) is 0 Å². The highest BCUT2D eigenvalue weighted by Gasteiger charge is 2.28. The van der Waals surface area contributed by atoms with E-state index < -0.39 is 0 Å². The van der Waals surface area contributed by atoms with Crippen molar-refractivity contribution in [3.05, 3.63) is 16.9 Å². The lowest BCUT2D eigenvalue weighted by Crippen LogP contribution is -2.24. The van der Waals surface area contributed by atoms with E-state index in [0.717, 1.165) is 4.47 Å². The highest BCUT2D eigenvalue weighted by atomic mass is 79.9. The summed E-state index contributed by atoms with van der Waals surface area (Å²) in [4.78, 5) is 11.1. The normalized spacial score (nSPS) is 18.8. The van der Waals surface area contributed by atoms with E-state index in [9.17, 15) is 4.79 Å². The number of aromatic nitrogens is 2. The molecule has 2 rings (SSSR count). The van der Waals surface area contributed by atoms with Crippen molar-refractivity contribution in [2.24, 2.45) is 11.7 Å². The lowest BCUT2D eigenvalue weighted by atomic mass is 9.95. The summed E-state index contributed by atoms with van der Waals surface area (Å²) >= 11 is 3.38. The quantitative estimate of drug-likeness (QED) is 0.922. The molecule has 16 heavy (non-hydrogen) atoms. The van der Waals surface area contributed by atoms with Crippen LogP contribution in [0.25, 0.3) is 0 Å². The molecule has 1 amide bonds. The molecule has 0 radical (unpaired) electrons. The van der Waals surface area contributed by atoms with Crippen molar-refractivity contribution < 1.29 is 4.79 Å². The first-order chi connectivity index (χ1) is 7.66. The first-order valence-corrected chi connectivity index (χ1v) is 6.44. The average Bonchev–Trinajstić information content (AvgIpc) is 2.84. The number of hydrogen-bond donors (Lipinski definition) is 1. The van der Waals surface area contributed by atoms with E-state index in [0.29, 0.717) is 12.3 Å². The molecule has 1 atom stereocenters. The van der Waals surface area contributed by atoms with Gasteiger partial charge in [0.25, 0.3) is 0 Å². The van der Waals surface area contributed by atoms with Gasteiger partial charge in [0.05, 0.1) is 16.7 Å². The smallest absolute Gasteiger partial charge is 0.219 e. The summed E-state index contributed by atoms with van der Waals surface area (Å²) in [6.07, 6.45) is 8.92. The Morgan fingerprint density at radius 1 is 1.62 bits per heavy atom. The summed E-state index contributed by atoms with van der Waals surface area (Å²) in [6, 6.07) is 0.131. The van der Waals surface area contributed by atoms with Crippen LogP contribution in [0.4, 0.5) is 0 Å². The predicted octanol–water partition coefficient (Wildman–Crippen LogP) is 2.25. The second kappa shape index (κ2) is 4.99. The Morgan fingerprint density at radius 2 is 2.31 bits per heavy atom. The van der Waals surface area contributed by atoms with Gasteiger partial charge in [0, 0.05) is 12.6 Å². The lowest BCUT2D eigenvalue weighted by molar-refractivity contribution is -0.119. The molecule has 1 aromatic heterocycles. The van der Waals surface area contributed by atoms with Crippen molar-refractivity contribution in [1.29, 1.82) is 0 Å².